The number of likely N-dealkylation sites (tertiary alicyclic amines) is 1. The Hall–Kier alpha value is -2.59. The highest BCUT2D eigenvalue weighted by Crippen LogP contribution is 2.35. The Kier molecular flexibility index (Phi) is 5.58. The highest BCUT2D eigenvalue weighted by atomic mass is 32.1. The fraction of sp³-hybridized carbons (Fsp3) is 0.318. The topological polar surface area (TPSA) is 97.5 Å². The summed E-state index contributed by atoms with van der Waals surface area (Å²) in [6.07, 6.45) is 1.91. The quantitative estimate of drug-likeness (QED) is 0.618. The maximum Gasteiger partial charge on any atom is 0.264 e. The molecule has 160 valence electrons. The molecule has 31 heavy (non-hydrogen) atoms. The molecule has 2 aromatic heterocycles. The summed E-state index contributed by atoms with van der Waals surface area (Å²) in [6, 6.07) is 13.4. The number of ether oxygens (including phenoxy) is 1. The Morgan fingerprint density at radius 1 is 1.10 bits per heavy atom. The van der Waals surface area contributed by atoms with E-state index in [0.717, 1.165) is 15.4 Å². The number of nitrogens with one attached hydrogen (secondary N) is 1. The zero-order valence-electron chi connectivity index (χ0n) is 16.7. The van der Waals surface area contributed by atoms with E-state index in [1.165, 1.54) is 11.3 Å². The summed E-state index contributed by atoms with van der Waals surface area (Å²) >= 11 is 2.98. The molecule has 0 bridgehead atoms. The van der Waals surface area contributed by atoms with Crippen molar-refractivity contribution in [3.63, 3.8) is 0 Å². The highest BCUT2D eigenvalue weighted by molar-refractivity contribution is 7.18. The average molecular weight is 455 g/mol. The second-order valence-corrected chi connectivity index (χ2v) is 9.94. The number of carbonyl (C=O) groups excluding carboxylic acids is 2. The molecular formula is C22H22N4O3S2. The first-order valence-electron chi connectivity index (χ1n) is 10.1. The fourth-order valence-electron chi connectivity index (χ4n) is 3.74. The number of nitrogens with zero attached hydrogens (tertiary/aromatic N) is 2. The first-order chi connectivity index (χ1) is 15.1. The van der Waals surface area contributed by atoms with Crippen LogP contribution in [0.15, 0.2) is 48.7 Å². The Morgan fingerprint density at radius 3 is 2.65 bits per heavy atom. The molecule has 2 amide bonds. The number of carbonyl (C=O) groups is 2. The van der Waals surface area contributed by atoms with Crippen LogP contribution in [0.25, 0.3) is 10.4 Å². The van der Waals surface area contributed by atoms with Crippen LogP contribution in [0.2, 0.25) is 0 Å². The van der Waals surface area contributed by atoms with Crippen molar-refractivity contribution in [3.05, 3.63) is 58.5 Å². The summed E-state index contributed by atoms with van der Waals surface area (Å²) in [7, 11) is 0. The summed E-state index contributed by atoms with van der Waals surface area (Å²) in [5.41, 5.74) is 7.06. The molecule has 2 atom stereocenters. The van der Waals surface area contributed by atoms with E-state index in [4.69, 9.17) is 10.5 Å². The van der Waals surface area contributed by atoms with Gasteiger partial charge in [-0.05, 0) is 17.7 Å². The van der Waals surface area contributed by atoms with Crippen molar-refractivity contribution >= 4 is 39.5 Å². The number of hydrogen-bond acceptors (Lipinski definition) is 7. The predicted octanol–water partition coefficient (Wildman–Crippen LogP) is 3.02. The number of rotatable bonds is 5. The molecule has 9 heteroatoms. The Labute approximate surface area is 187 Å². The van der Waals surface area contributed by atoms with Crippen LogP contribution < -0.4 is 11.1 Å². The zero-order valence-corrected chi connectivity index (χ0v) is 18.3. The second-order valence-electron chi connectivity index (χ2n) is 7.80. The Morgan fingerprint density at radius 2 is 1.90 bits per heavy atom. The van der Waals surface area contributed by atoms with Crippen molar-refractivity contribution in [2.24, 2.45) is 11.7 Å². The number of nitrogens with two attached hydrogens (primary N) is 1. The van der Waals surface area contributed by atoms with E-state index in [-0.39, 0.29) is 29.7 Å². The van der Waals surface area contributed by atoms with E-state index >= 15 is 0 Å². The Bertz CT molecular complexity index is 1090. The number of benzene rings is 1. The number of amides is 2. The van der Waals surface area contributed by atoms with Crippen molar-refractivity contribution in [2.45, 2.75) is 12.0 Å². The predicted molar refractivity (Wildman–Crippen MR) is 121 cm³/mol. The third-order valence-corrected chi connectivity index (χ3v) is 7.82. The minimum Gasteiger partial charge on any atom is -0.379 e. The van der Waals surface area contributed by atoms with E-state index in [9.17, 15) is 9.59 Å². The first-order valence-corrected chi connectivity index (χ1v) is 11.8. The van der Waals surface area contributed by atoms with Crippen LogP contribution in [0.4, 0.5) is 5.00 Å². The summed E-state index contributed by atoms with van der Waals surface area (Å²) < 4.78 is 5.25. The lowest BCUT2D eigenvalue weighted by Gasteiger charge is -2.37. The van der Waals surface area contributed by atoms with E-state index in [1.807, 2.05) is 29.3 Å². The molecule has 0 spiro atoms. The molecule has 7 nitrogen and oxygen atoms in total. The molecule has 0 saturated carbocycles. The largest absolute Gasteiger partial charge is 0.379 e. The lowest BCUT2D eigenvalue weighted by Crippen LogP contribution is -2.48. The summed E-state index contributed by atoms with van der Waals surface area (Å²) in [4.78, 5) is 33.3. The van der Waals surface area contributed by atoms with Crippen molar-refractivity contribution in [1.29, 1.82) is 0 Å². The molecule has 0 unspecified atom stereocenters. The van der Waals surface area contributed by atoms with Crippen LogP contribution in [-0.4, -0.2) is 54.0 Å². The van der Waals surface area contributed by atoms with Gasteiger partial charge in [-0.2, -0.15) is 0 Å². The van der Waals surface area contributed by atoms with Crippen LogP contribution in [0.5, 0.6) is 0 Å². The van der Waals surface area contributed by atoms with Gasteiger partial charge in [0.2, 0.25) is 5.91 Å². The van der Waals surface area contributed by atoms with E-state index in [1.54, 1.807) is 23.5 Å². The van der Waals surface area contributed by atoms with Gasteiger partial charge in [-0.15, -0.1) is 22.7 Å². The third-order valence-electron chi connectivity index (χ3n) is 5.62. The van der Waals surface area contributed by atoms with E-state index < -0.39 is 0 Å². The zero-order chi connectivity index (χ0) is 21.4. The normalized spacial score (nSPS) is 21.1. The van der Waals surface area contributed by atoms with Gasteiger partial charge in [0.25, 0.3) is 5.91 Å². The smallest absolute Gasteiger partial charge is 0.264 e. The average Bonchev–Trinajstić information content (AvgIpc) is 3.48. The first kappa shape index (κ1) is 20.3. The molecule has 0 radical (unpaired) electrons. The molecule has 1 aromatic carbocycles. The van der Waals surface area contributed by atoms with Crippen molar-refractivity contribution in [2.75, 3.05) is 31.6 Å². The SMILES string of the molecule is N[C@H]1COC[C@H]1C(=O)Nc1ccc(C(=O)N2CC(c3ncc(-c4ccccc4)s3)C2)s1. The molecule has 3 N–H and O–H groups in total. The van der Waals surface area contributed by atoms with Gasteiger partial charge in [0.05, 0.1) is 38.9 Å². The minimum absolute atomic E-state index is 0.0116. The molecule has 2 fully saturated rings. The summed E-state index contributed by atoms with van der Waals surface area (Å²) in [6.45, 7) is 2.05. The van der Waals surface area contributed by atoms with Crippen LogP contribution in [-0.2, 0) is 9.53 Å². The van der Waals surface area contributed by atoms with Gasteiger partial charge in [-0.1, -0.05) is 30.3 Å². The van der Waals surface area contributed by atoms with Crippen LogP contribution in [0, 0.1) is 5.92 Å². The summed E-state index contributed by atoms with van der Waals surface area (Å²) in [5, 5.41) is 4.57. The van der Waals surface area contributed by atoms with Gasteiger partial charge in [0.1, 0.15) is 0 Å². The van der Waals surface area contributed by atoms with Crippen molar-refractivity contribution < 1.29 is 14.3 Å². The van der Waals surface area contributed by atoms with E-state index in [2.05, 4.69) is 22.4 Å². The minimum atomic E-state index is -0.350. The molecule has 4 heterocycles. The van der Waals surface area contributed by atoms with Gasteiger partial charge in [-0.25, -0.2) is 4.98 Å². The van der Waals surface area contributed by atoms with Crippen molar-refractivity contribution in [3.8, 4) is 10.4 Å². The van der Waals surface area contributed by atoms with E-state index in [0.29, 0.717) is 36.2 Å². The maximum absolute atomic E-state index is 12.8. The molecule has 5 rings (SSSR count). The van der Waals surface area contributed by atoms with Gasteiger partial charge >= 0.3 is 0 Å². The molecule has 3 aromatic rings. The standard InChI is InChI=1S/C22H22N4O3S2/c23-16-12-29-11-15(16)20(27)25-19-7-6-17(30-19)22(28)26-9-14(10-26)21-24-8-18(31-21)13-4-2-1-3-5-13/h1-8,14-16H,9-12,23H2,(H,25,27)/t15-,16+/m1/s1. The maximum atomic E-state index is 12.8. The Balaban J connectivity index is 1.17. The molecular weight excluding hydrogens is 432 g/mol. The van der Waals surface area contributed by atoms with Crippen LogP contribution >= 0.6 is 22.7 Å². The highest BCUT2D eigenvalue weighted by Gasteiger charge is 2.35. The fourth-order valence-corrected chi connectivity index (χ4v) is 5.63. The van der Waals surface area contributed by atoms with Crippen LogP contribution in [0.3, 0.4) is 0 Å². The molecule has 2 aliphatic rings. The van der Waals surface area contributed by atoms with Gasteiger partial charge in [0.15, 0.2) is 0 Å². The third kappa shape index (κ3) is 4.14. The number of hydrogen-bond donors (Lipinski definition) is 2. The summed E-state index contributed by atoms with van der Waals surface area (Å²) in [5.74, 6) is -0.249. The lowest BCUT2D eigenvalue weighted by molar-refractivity contribution is -0.120. The number of aromatic nitrogens is 1. The van der Waals surface area contributed by atoms with Gasteiger partial charge < -0.3 is 20.7 Å². The van der Waals surface area contributed by atoms with Gasteiger partial charge in [-0.3, -0.25) is 9.59 Å². The lowest BCUT2D eigenvalue weighted by atomic mass is 10.0. The molecule has 2 saturated heterocycles. The number of thiazole rings is 1. The van der Waals surface area contributed by atoms with Gasteiger partial charge in [0, 0.05) is 31.2 Å². The number of thiophene rings is 1. The monoisotopic (exact) mass is 454 g/mol. The second kappa shape index (κ2) is 8.51. The van der Waals surface area contributed by atoms with Crippen molar-refractivity contribution in [1.82, 2.24) is 9.88 Å². The number of anilines is 1. The molecule has 0 aliphatic carbocycles. The van der Waals surface area contributed by atoms with Crippen LogP contribution in [0.1, 0.15) is 20.6 Å². The molecule has 2 aliphatic heterocycles.